The molecule has 178 valence electrons. The fourth-order valence-corrected chi connectivity index (χ4v) is 4.01. The third-order valence-corrected chi connectivity index (χ3v) is 5.81. The Morgan fingerprint density at radius 3 is 2.31 bits per heavy atom. The predicted molar refractivity (Wildman–Crippen MR) is 138 cm³/mol. The molecule has 4 rings (SSSR count). The van der Waals surface area contributed by atoms with Gasteiger partial charge in [-0.2, -0.15) is 0 Å². The van der Waals surface area contributed by atoms with Gasteiger partial charge in [-0.3, -0.25) is 14.8 Å². The van der Waals surface area contributed by atoms with Gasteiger partial charge in [-0.1, -0.05) is 54.6 Å². The van der Waals surface area contributed by atoms with E-state index in [9.17, 15) is 9.59 Å². The number of amides is 2. The number of carbonyl (C=O) groups is 2. The molecular formula is C29H28N2O4. The van der Waals surface area contributed by atoms with Gasteiger partial charge in [0.15, 0.2) is 0 Å². The van der Waals surface area contributed by atoms with Gasteiger partial charge >= 0.3 is 0 Å². The van der Waals surface area contributed by atoms with Crippen molar-refractivity contribution in [3.05, 3.63) is 102 Å². The summed E-state index contributed by atoms with van der Waals surface area (Å²) in [7, 11) is 0. The van der Waals surface area contributed by atoms with E-state index in [2.05, 4.69) is 5.32 Å². The summed E-state index contributed by atoms with van der Waals surface area (Å²) in [4.78, 5) is 24.6. The molecule has 1 saturated carbocycles. The summed E-state index contributed by atoms with van der Waals surface area (Å²) in [6.07, 6.45) is 9.37. The Hall–Kier alpha value is -4.16. The lowest BCUT2D eigenvalue weighted by molar-refractivity contribution is -0.124. The first kappa shape index (κ1) is 24.0. The third-order valence-electron chi connectivity index (χ3n) is 5.81. The maximum atomic E-state index is 13.4. The zero-order valence-corrected chi connectivity index (χ0v) is 19.3. The second-order valence-electron chi connectivity index (χ2n) is 8.41. The van der Waals surface area contributed by atoms with Crippen LogP contribution >= 0.6 is 0 Å². The average molecular weight is 469 g/mol. The standard InChI is InChI=1S/C29H28N2O4/c32-28(31-34)18-17-21-13-15-22(16-14-21)19-27(29(33)30-24-8-2-1-3-9-24)23-7-6-12-26(20-23)35-25-10-4-5-11-25/h1-3,6-9,12-20,25,34H,4-5,10-11H2,(H,30,33)(H,31,32)/b18-17+,27-19-. The van der Waals surface area contributed by atoms with Crippen LogP contribution in [0, 0.1) is 0 Å². The van der Waals surface area contributed by atoms with E-state index in [4.69, 9.17) is 9.94 Å². The first-order valence-electron chi connectivity index (χ1n) is 11.7. The maximum Gasteiger partial charge on any atom is 0.267 e. The van der Waals surface area contributed by atoms with Gasteiger partial charge in [0.05, 0.1) is 6.10 Å². The van der Waals surface area contributed by atoms with E-state index in [-0.39, 0.29) is 12.0 Å². The van der Waals surface area contributed by atoms with Gasteiger partial charge in [-0.05, 0) is 78.8 Å². The average Bonchev–Trinajstić information content (AvgIpc) is 3.40. The highest BCUT2D eigenvalue weighted by atomic mass is 16.5. The Bertz CT molecular complexity index is 1210. The quantitative estimate of drug-likeness (QED) is 0.171. The van der Waals surface area contributed by atoms with Crippen LogP contribution in [0.2, 0.25) is 0 Å². The van der Waals surface area contributed by atoms with Crippen molar-refractivity contribution in [2.45, 2.75) is 31.8 Å². The van der Waals surface area contributed by atoms with Crippen molar-refractivity contribution >= 4 is 35.2 Å². The summed E-state index contributed by atoms with van der Waals surface area (Å²) in [6.45, 7) is 0. The molecule has 2 amide bonds. The first-order valence-corrected chi connectivity index (χ1v) is 11.7. The van der Waals surface area contributed by atoms with Crippen molar-refractivity contribution < 1.29 is 19.5 Å². The summed E-state index contributed by atoms with van der Waals surface area (Å²) in [5, 5.41) is 11.6. The van der Waals surface area contributed by atoms with Crippen LogP contribution in [-0.2, 0) is 9.59 Å². The number of nitrogens with one attached hydrogen (secondary N) is 2. The number of ether oxygens (including phenoxy) is 1. The zero-order valence-electron chi connectivity index (χ0n) is 19.3. The Kier molecular flexibility index (Phi) is 8.09. The number of hydrogen-bond acceptors (Lipinski definition) is 4. The van der Waals surface area contributed by atoms with Crippen LogP contribution in [0.4, 0.5) is 5.69 Å². The second-order valence-corrected chi connectivity index (χ2v) is 8.41. The molecule has 0 unspecified atom stereocenters. The highest BCUT2D eigenvalue weighted by Gasteiger charge is 2.18. The van der Waals surface area contributed by atoms with Crippen molar-refractivity contribution in [3.8, 4) is 5.75 Å². The molecule has 0 aromatic heterocycles. The Balaban J connectivity index is 1.62. The minimum atomic E-state index is -0.603. The Morgan fingerprint density at radius 1 is 0.886 bits per heavy atom. The number of benzene rings is 3. The molecule has 0 saturated heterocycles. The van der Waals surface area contributed by atoms with Gasteiger partial charge in [0.25, 0.3) is 11.8 Å². The normalized spacial score (nSPS) is 14.1. The van der Waals surface area contributed by atoms with Gasteiger partial charge in [0.2, 0.25) is 0 Å². The summed E-state index contributed by atoms with van der Waals surface area (Å²) in [6, 6.07) is 24.4. The number of rotatable bonds is 8. The maximum absolute atomic E-state index is 13.4. The van der Waals surface area contributed by atoms with Crippen molar-refractivity contribution in [3.63, 3.8) is 0 Å². The summed E-state index contributed by atoms with van der Waals surface area (Å²) < 4.78 is 6.17. The van der Waals surface area contributed by atoms with Crippen molar-refractivity contribution in [2.24, 2.45) is 0 Å². The molecule has 1 fully saturated rings. The first-order chi connectivity index (χ1) is 17.1. The molecule has 3 N–H and O–H groups in total. The lowest BCUT2D eigenvalue weighted by Crippen LogP contribution is -2.14. The van der Waals surface area contributed by atoms with Gasteiger partial charge in [0.1, 0.15) is 5.75 Å². The Morgan fingerprint density at radius 2 is 1.60 bits per heavy atom. The van der Waals surface area contributed by atoms with Crippen LogP contribution in [-0.4, -0.2) is 23.1 Å². The largest absolute Gasteiger partial charge is 0.490 e. The molecule has 0 radical (unpaired) electrons. The summed E-state index contributed by atoms with van der Waals surface area (Å²) in [5.41, 5.74) is 5.16. The molecule has 6 nitrogen and oxygen atoms in total. The lowest BCUT2D eigenvalue weighted by atomic mass is 10.0. The minimum Gasteiger partial charge on any atom is -0.490 e. The van der Waals surface area contributed by atoms with E-state index < -0.39 is 5.91 Å². The van der Waals surface area contributed by atoms with E-state index in [1.165, 1.54) is 18.9 Å². The van der Waals surface area contributed by atoms with Crippen LogP contribution in [0.15, 0.2) is 84.9 Å². The Labute approximate surface area is 204 Å². The highest BCUT2D eigenvalue weighted by molar-refractivity contribution is 6.29. The monoisotopic (exact) mass is 468 g/mol. The van der Waals surface area contributed by atoms with Gasteiger partial charge < -0.3 is 10.1 Å². The number of anilines is 1. The number of para-hydroxylation sites is 1. The van der Waals surface area contributed by atoms with Crippen LogP contribution in [0.1, 0.15) is 42.4 Å². The van der Waals surface area contributed by atoms with E-state index in [0.717, 1.165) is 35.3 Å². The number of hydroxylamine groups is 1. The van der Waals surface area contributed by atoms with Crippen LogP contribution in [0.5, 0.6) is 5.75 Å². The topological polar surface area (TPSA) is 87.7 Å². The van der Waals surface area contributed by atoms with Crippen molar-refractivity contribution in [2.75, 3.05) is 5.32 Å². The molecule has 1 aliphatic carbocycles. The molecule has 0 spiro atoms. The molecule has 0 atom stereocenters. The van der Waals surface area contributed by atoms with Crippen LogP contribution in [0.3, 0.4) is 0 Å². The fourth-order valence-electron chi connectivity index (χ4n) is 4.01. The van der Waals surface area contributed by atoms with Gasteiger partial charge in [-0.15, -0.1) is 0 Å². The fraction of sp³-hybridized carbons (Fsp3) is 0.172. The summed E-state index contributed by atoms with van der Waals surface area (Å²) in [5.74, 6) is -0.0678. The molecule has 6 heteroatoms. The number of carbonyl (C=O) groups excluding carboxylic acids is 2. The SMILES string of the molecule is O=C(/C=C/c1ccc(/C=C(\C(=O)Nc2ccccc2)c2cccc(OC3CCCC3)c2)cc1)NO. The molecule has 0 heterocycles. The predicted octanol–water partition coefficient (Wildman–Crippen LogP) is 5.71. The van der Waals surface area contributed by atoms with E-state index >= 15 is 0 Å². The molecule has 0 bridgehead atoms. The molecule has 0 aliphatic heterocycles. The molecular weight excluding hydrogens is 440 g/mol. The minimum absolute atomic E-state index is 0.224. The zero-order chi connectivity index (χ0) is 24.5. The molecule has 3 aromatic rings. The highest BCUT2D eigenvalue weighted by Crippen LogP contribution is 2.28. The third kappa shape index (κ3) is 6.91. The van der Waals surface area contributed by atoms with Crippen molar-refractivity contribution in [1.29, 1.82) is 0 Å². The molecule has 1 aliphatic rings. The second kappa shape index (κ2) is 11.8. The lowest BCUT2D eigenvalue weighted by Gasteiger charge is -2.15. The van der Waals surface area contributed by atoms with Gasteiger partial charge in [0, 0.05) is 17.3 Å². The summed E-state index contributed by atoms with van der Waals surface area (Å²) >= 11 is 0. The molecule has 35 heavy (non-hydrogen) atoms. The smallest absolute Gasteiger partial charge is 0.267 e. The van der Waals surface area contributed by atoms with E-state index in [1.807, 2.05) is 84.9 Å². The van der Waals surface area contributed by atoms with Gasteiger partial charge in [-0.25, -0.2) is 5.48 Å². The number of hydrogen-bond donors (Lipinski definition) is 3. The van der Waals surface area contributed by atoms with Crippen LogP contribution < -0.4 is 15.5 Å². The van der Waals surface area contributed by atoms with E-state index in [0.29, 0.717) is 11.3 Å². The molecule has 3 aromatic carbocycles. The van der Waals surface area contributed by atoms with Crippen LogP contribution in [0.25, 0.3) is 17.7 Å². The van der Waals surface area contributed by atoms with E-state index in [1.54, 1.807) is 11.6 Å². The van der Waals surface area contributed by atoms with Crippen molar-refractivity contribution in [1.82, 2.24) is 5.48 Å².